The Morgan fingerprint density at radius 2 is 2.00 bits per heavy atom. The summed E-state index contributed by atoms with van der Waals surface area (Å²) in [5, 5.41) is 18.2. The van der Waals surface area contributed by atoms with Crippen LogP contribution in [0, 0.1) is 5.92 Å². The SMILES string of the molecule is CC(C)C[C@@H](NC(=O)Nc1cnn(C(C)C)c1)C(=O)O. The van der Waals surface area contributed by atoms with Crippen LogP contribution in [0.3, 0.4) is 0 Å². The largest absolute Gasteiger partial charge is 0.480 e. The van der Waals surface area contributed by atoms with Crippen LogP contribution in [0.25, 0.3) is 0 Å². The van der Waals surface area contributed by atoms with E-state index in [9.17, 15) is 9.59 Å². The van der Waals surface area contributed by atoms with Gasteiger partial charge < -0.3 is 15.7 Å². The Labute approximate surface area is 118 Å². The molecule has 2 amide bonds. The molecule has 0 spiro atoms. The Kier molecular flexibility index (Phi) is 5.54. The molecule has 3 N–H and O–H groups in total. The van der Waals surface area contributed by atoms with Gasteiger partial charge in [-0.1, -0.05) is 13.8 Å². The molecule has 0 aliphatic rings. The highest BCUT2D eigenvalue weighted by atomic mass is 16.4. The summed E-state index contributed by atoms with van der Waals surface area (Å²) in [6.07, 6.45) is 3.61. The molecule has 0 fully saturated rings. The maximum atomic E-state index is 11.8. The number of rotatable bonds is 6. The van der Waals surface area contributed by atoms with Gasteiger partial charge in [0.15, 0.2) is 0 Å². The summed E-state index contributed by atoms with van der Waals surface area (Å²) in [5.74, 6) is -0.855. The number of carbonyl (C=O) groups excluding carboxylic acids is 1. The second-order valence-corrected chi connectivity index (χ2v) is 5.42. The van der Waals surface area contributed by atoms with Crippen molar-refractivity contribution < 1.29 is 14.7 Å². The molecule has 0 radical (unpaired) electrons. The van der Waals surface area contributed by atoms with E-state index in [2.05, 4.69) is 15.7 Å². The Bertz CT molecular complexity index is 468. The minimum Gasteiger partial charge on any atom is -0.480 e. The molecule has 0 saturated carbocycles. The molecule has 7 heteroatoms. The third-order valence-corrected chi connectivity index (χ3v) is 2.70. The predicted octanol–water partition coefficient (Wildman–Crippen LogP) is 2.08. The first-order valence-corrected chi connectivity index (χ1v) is 6.64. The standard InChI is InChI=1S/C13H22N4O3/c1-8(2)5-11(12(18)19)16-13(20)15-10-6-14-17(7-10)9(3)4/h6-9,11H,5H2,1-4H3,(H,18,19)(H2,15,16,20)/t11-/m1/s1. The number of urea groups is 1. The Hall–Kier alpha value is -2.05. The van der Waals surface area contributed by atoms with Crippen molar-refractivity contribution in [3.05, 3.63) is 12.4 Å². The number of carboxylic acid groups (broad SMARTS) is 1. The lowest BCUT2D eigenvalue weighted by Crippen LogP contribution is -2.43. The van der Waals surface area contributed by atoms with E-state index >= 15 is 0 Å². The number of anilines is 1. The van der Waals surface area contributed by atoms with E-state index in [1.54, 1.807) is 10.9 Å². The van der Waals surface area contributed by atoms with Gasteiger partial charge in [-0.05, 0) is 26.2 Å². The van der Waals surface area contributed by atoms with Crippen molar-refractivity contribution >= 4 is 17.7 Å². The van der Waals surface area contributed by atoms with Crippen LogP contribution in [0.1, 0.15) is 40.2 Å². The molecule has 0 aromatic carbocycles. The highest BCUT2D eigenvalue weighted by molar-refractivity contribution is 5.91. The van der Waals surface area contributed by atoms with Gasteiger partial charge in [0.25, 0.3) is 0 Å². The first-order chi connectivity index (χ1) is 9.29. The van der Waals surface area contributed by atoms with E-state index in [-0.39, 0.29) is 12.0 Å². The van der Waals surface area contributed by atoms with Gasteiger partial charge in [0.2, 0.25) is 0 Å². The van der Waals surface area contributed by atoms with Crippen LogP contribution in [-0.4, -0.2) is 32.9 Å². The first-order valence-electron chi connectivity index (χ1n) is 6.64. The zero-order chi connectivity index (χ0) is 15.3. The lowest BCUT2D eigenvalue weighted by molar-refractivity contribution is -0.139. The van der Waals surface area contributed by atoms with Gasteiger partial charge in [0.05, 0.1) is 11.9 Å². The molecular weight excluding hydrogens is 260 g/mol. The van der Waals surface area contributed by atoms with Crippen molar-refractivity contribution in [1.82, 2.24) is 15.1 Å². The van der Waals surface area contributed by atoms with Crippen molar-refractivity contribution in [3.8, 4) is 0 Å². The number of amides is 2. The van der Waals surface area contributed by atoms with E-state index in [4.69, 9.17) is 5.11 Å². The molecule has 0 aliphatic carbocycles. The quantitative estimate of drug-likeness (QED) is 0.744. The number of aromatic nitrogens is 2. The fourth-order valence-corrected chi connectivity index (χ4v) is 1.70. The molecule has 20 heavy (non-hydrogen) atoms. The third-order valence-electron chi connectivity index (χ3n) is 2.70. The summed E-state index contributed by atoms with van der Waals surface area (Å²) in [6, 6.07) is -1.24. The Balaban J connectivity index is 2.58. The zero-order valence-corrected chi connectivity index (χ0v) is 12.3. The van der Waals surface area contributed by atoms with Crippen LogP contribution in [0.2, 0.25) is 0 Å². The number of aliphatic carboxylic acids is 1. The fourth-order valence-electron chi connectivity index (χ4n) is 1.70. The summed E-state index contributed by atoms with van der Waals surface area (Å²) in [7, 11) is 0. The molecule has 7 nitrogen and oxygen atoms in total. The topological polar surface area (TPSA) is 96.3 Å². The summed E-state index contributed by atoms with van der Waals surface area (Å²) in [6.45, 7) is 7.75. The molecule has 1 aromatic rings. The molecule has 0 bridgehead atoms. The monoisotopic (exact) mass is 282 g/mol. The van der Waals surface area contributed by atoms with Gasteiger partial charge in [-0.15, -0.1) is 0 Å². The van der Waals surface area contributed by atoms with E-state index in [0.29, 0.717) is 12.1 Å². The molecule has 1 heterocycles. The van der Waals surface area contributed by atoms with Crippen molar-refractivity contribution in [1.29, 1.82) is 0 Å². The van der Waals surface area contributed by atoms with Gasteiger partial charge in [0, 0.05) is 12.2 Å². The minimum absolute atomic E-state index is 0.181. The van der Waals surface area contributed by atoms with Gasteiger partial charge in [-0.2, -0.15) is 5.10 Å². The van der Waals surface area contributed by atoms with Crippen LogP contribution in [-0.2, 0) is 4.79 Å². The summed E-state index contributed by atoms with van der Waals surface area (Å²) >= 11 is 0. The normalized spacial score (nSPS) is 12.5. The first kappa shape index (κ1) is 16.0. The average Bonchev–Trinajstić information content (AvgIpc) is 2.75. The Morgan fingerprint density at radius 1 is 1.35 bits per heavy atom. The molecule has 1 aromatic heterocycles. The summed E-state index contributed by atoms with van der Waals surface area (Å²) in [4.78, 5) is 22.8. The van der Waals surface area contributed by atoms with Crippen LogP contribution in [0.5, 0.6) is 0 Å². The highest BCUT2D eigenvalue weighted by Crippen LogP contribution is 2.10. The van der Waals surface area contributed by atoms with Gasteiger partial charge >= 0.3 is 12.0 Å². The number of nitrogens with one attached hydrogen (secondary N) is 2. The van der Waals surface area contributed by atoms with E-state index in [1.807, 2.05) is 27.7 Å². The molecule has 112 valence electrons. The molecule has 0 aliphatic heterocycles. The number of hydrogen-bond donors (Lipinski definition) is 3. The van der Waals surface area contributed by atoms with Crippen molar-refractivity contribution in [2.45, 2.75) is 46.2 Å². The van der Waals surface area contributed by atoms with E-state index < -0.39 is 18.0 Å². The van der Waals surface area contributed by atoms with Crippen molar-refractivity contribution in [2.24, 2.45) is 5.92 Å². The lowest BCUT2D eigenvalue weighted by atomic mass is 10.0. The lowest BCUT2D eigenvalue weighted by Gasteiger charge is -2.16. The highest BCUT2D eigenvalue weighted by Gasteiger charge is 2.21. The van der Waals surface area contributed by atoms with Crippen LogP contribution >= 0.6 is 0 Å². The minimum atomic E-state index is -1.04. The third kappa shape index (κ3) is 4.91. The Morgan fingerprint density at radius 3 is 2.45 bits per heavy atom. The number of carbonyl (C=O) groups is 2. The van der Waals surface area contributed by atoms with Crippen molar-refractivity contribution in [3.63, 3.8) is 0 Å². The molecule has 0 saturated heterocycles. The predicted molar refractivity (Wildman–Crippen MR) is 75.6 cm³/mol. The second kappa shape index (κ2) is 6.93. The number of carboxylic acids is 1. The number of nitrogens with zero attached hydrogens (tertiary/aromatic N) is 2. The smallest absolute Gasteiger partial charge is 0.326 e. The molecular formula is C13H22N4O3. The second-order valence-electron chi connectivity index (χ2n) is 5.42. The summed E-state index contributed by atoms with van der Waals surface area (Å²) in [5.41, 5.74) is 0.532. The molecule has 1 rings (SSSR count). The van der Waals surface area contributed by atoms with E-state index in [0.717, 1.165) is 0 Å². The van der Waals surface area contributed by atoms with Crippen LogP contribution in [0.4, 0.5) is 10.5 Å². The van der Waals surface area contributed by atoms with Crippen molar-refractivity contribution in [2.75, 3.05) is 5.32 Å². The maximum Gasteiger partial charge on any atom is 0.326 e. The van der Waals surface area contributed by atoms with Crippen LogP contribution in [0.15, 0.2) is 12.4 Å². The number of hydrogen-bond acceptors (Lipinski definition) is 3. The van der Waals surface area contributed by atoms with Gasteiger partial charge in [-0.25, -0.2) is 9.59 Å². The maximum absolute atomic E-state index is 11.8. The molecule has 1 atom stereocenters. The van der Waals surface area contributed by atoms with Gasteiger partial charge in [0.1, 0.15) is 6.04 Å². The fraction of sp³-hybridized carbons (Fsp3) is 0.615. The van der Waals surface area contributed by atoms with Crippen LogP contribution < -0.4 is 10.6 Å². The average molecular weight is 282 g/mol. The molecule has 0 unspecified atom stereocenters. The zero-order valence-electron chi connectivity index (χ0n) is 12.3. The van der Waals surface area contributed by atoms with E-state index in [1.165, 1.54) is 6.20 Å². The summed E-state index contributed by atoms with van der Waals surface area (Å²) < 4.78 is 1.71. The van der Waals surface area contributed by atoms with Gasteiger partial charge in [-0.3, -0.25) is 4.68 Å².